The smallest absolute Gasteiger partial charge is 0.271 e. The Labute approximate surface area is 118 Å². The van der Waals surface area contributed by atoms with Crippen molar-refractivity contribution in [1.82, 2.24) is 4.72 Å². The predicted octanol–water partition coefficient (Wildman–Crippen LogP) is 1.89. The molecule has 112 valence electrons. The number of hydrogen-bond donors (Lipinski definition) is 2. The monoisotopic (exact) mass is 301 g/mol. The minimum Gasteiger partial charge on any atom is -0.397 e. The van der Waals surface area contributed by atoms with Crippen molar-refractivity contribution in [1.29, 1.82) is 0 Å². The second-order valence-electron chi connectivity index (χ2n) is 4.86. The molecule has 1 unspecified atom stereocenters. The minimum atomic E-state index is -3.79. The third-order valence-electron chi connectivity index (χ3n) is 3.04. The van der Waals surface area contributed by atoms with E-state index >= 15 is 0 Å². The van der Waals surface area contributed by atoms with E-state index in [1.54, 1.807) is 0 Å². The van der Waals surface area contributed by atoms with Gasteiger partial charge in [-0.05, 0) is 18.4 Å². The van der Waals surface area contributed by atoms with E-state index in [0.29, 0.717) is 6.42 Å². The van der Waals surface area contributed by atoms with Crippen molar-refractivity contribution >= 4 is 21.4 Å². The van der Waals surface area contributed by atoms with Gasteiger partial charge < -0.3 is 5.73 Å². The lowest BCUT2D eigenvalue weighted by Crippen LogP contribution is -2.38. The maximum absolute atomic E-state index is 12.2. The second kappa shape index (κ2) is 6.19. The van der Waals surface area contributed by atoms with Gasteiger partial charge in [0.2, 0.25) is 10.0 Å². The molecule has 1 rings (SSSR count). The molecule has 0 aromatic heterocycles. The zero-order chi connectivity index (χ0) is 15.5. The van der Waals surface area contributed by atoms with Gasteiger partial charge in [-0.2, -0.15) is 0 Å². The number of nitro groups is 1. The van der Waals surface area contributed by atoms with E-state index in [9.17, 15) is 18.5 Å². The highest BCUT2D eigenvalue weighted by molar-refractivity contribution is 7.89. The molecule has 1 aromatic carbocycles. The van der Waals surface area contributed by atoms with Crippen LogP contribution in [0.5, 0.6) is 0 Å². The molecule has 1 aromatic rings. The maximum atomic E-state index is 12.2. The molecule has 0 heterocycles. The molecule has 0 radical (unpaired) electrons. The van der Waals surface area contributed by atoms with Crippen molar-refractivity contribution in [3.8, 4) is 0 Å². The summed E-state index contributed by atoms with van der Waals surface area (Å²) >= 11 is 0. The van der Waals surface area contributed by atoms with Crippen molar-refractivity contribution < 1.29 is 13.3 Å². The van der Waals surface area contributed by atoms with E-state index in [0.717, 1.165) is 18.2 Å². The second-order valence-corrected chi connectivity index (χ2v) is 6.54. The van der Waals surface area contributed by atoms with Gasteiger partial charge in [0, 0.05) is 18.2 Å². The summed E-state index contributed by atoms with van der Waals surface area (Å²) in [5.41, 5.74) is 5.24. The van der Waals surface area contributed by atoms with Crippen LogP contribution in [0, 0.1) is 16.0 Å². The molecule has 0 saturated carbocycles. The van der Waals surface area contributed by atoms with Crippen LogP contribution in [0.1, 0.15) is 27.2 Å². The van der Waals surface area contributed by atoms with Crippen LogP contribution in [-0.2, 0) is 10.0 Å². The zero-order valence-electron chi connectivity index (χ0n) is 11.7. The van der Waals surface area contributed by atoms with Gasteiger partial charge in [0.1, 0.15) is 4.90 Å². The van der Waals surface area contributed by atoms with Crippen LogP contribution >= 0.6 is 0 Å². The van der Waals surface area contributed by atoms with E-state index in [-0.39, 0.29) is 28.2 Å². The number of non-ortho nitro benzene ring substituents is 1. The van der Waals surface area contributed by atoms with Crippen LogP contribution in [0.3, 0.4) is 0 Å². The molecule has 1 atom stereocenters. The first-order valence-electron chi connectivity index (χ1n) is 6.25. The summed E-state index contributed by atoms with van der Waals surface area (Å²) in [5, 5.41) is 10.6. The van der Waals surface area contributed by atoms with Crippen LogP contribution < -0.4 is 10.5 Å². The number of nitro benzene ring substituents is 1. The van der Waals surface area contributed by atoms with Gasteiger partial charge in [-0.3, -0.25) is 10.1 Å². The normalized spacial score (nSPS) is 13.4. The van der Waals surface area contributed by atoms with Crippen LogP contribution in [0.25, 0.3) is 0 Å². The highest BCUT2D eigenvalue weighted by Gasteiger charge is 2.24. The Hall–Kier alpha value is -1.67. The van der Waals surface area contributed by atoms with Gasteiger partial charge in [0.15, 0.2) is 0 Å². The molecule has 0 bridgehead atoms. The quantitative estimate of drug-likeness (QED) is 0.473. The highest BCUT2D eigenvalue weighted by atomic mass is 32.2. The van der Waals surface area contributed by atoms with Crippen LogP contribution in [-0.4, -0.2) is 19.4 Å². The Balaban J connectivity index is 3.13. The van der Waals surface area contributed by atoms with Crippen molar-refractivity contribution in [2.75, 3.05) is 5.73 Å². The molecule has 0 saturated heterocycles. The number of anilines is 1. The number of nitrogen functional groups attached to an aromatic ring is 1. The molecular weight excluding hydrogens is 282 g/mol. The molecule has 0 aliphatic carbocycles. The molecule has 3 N–H and O–H groups in total. The van der Waals surface area contributed by atoms with Gasteiger partial charge >= 0.3 is 0 Å². The summed E-state index contributed by atoms with van der Waals surface area (Å²) < 4.78 is 27.1. The topological polar surface area (TPSA) is 115 Å². The first-order chi connectivity index (χ1) is 9.19. The van der Waals surface area contributed by atoms with E-state index in [2.05, 4.69) is 4.72 Å². The fourth-order valence-corrected chi connectivity index (χ4v) is 3.43. The van der Waals surface area contributed by atoms with E-state index in [1.807, 2.05) is 20.8 Å². The Morgan fingerprint density at radius 3 is 2.40 bits per heavy atom. The summed E-state index contributed by atoms with van der Waals surface area (Å²) in [4.78, 5) is 9.85. The van der Waals surface area contributed by atoms with Crippen molar-refractivity contribution in [2.24, 2.45) is 5.92 Å². The van der Waals surface area contributed by atoms with Gasteiger partial charge in [0.25, 0.3) is 5.69 Å². The summed E-state index contributed by atoms with van der Waals surface area (Å²) in [6, 6.07) is 3.12. The molecule has 0 spiro atoms. The van der Waals surface area contributed by atoms with E-state index in [1.165, 1.54) is 0 Å². The number of nitrogens with one attached hydrogen (secondary N) is 1. The van der Waals surface area contributed by atoms with Gasteiger partial charge in [-0.25, -0.2) is 13.1 Å². The van der Waals surface area contributed by atoms with E-state index in [4.69, 9.17) is 5.73 Å². The standard InChI is InChI=1S/C12H19N3O4S/c1-4-11(8(2)3)14-20(18,19)12-6-5-9(15(16)17)7-10(12)13/h5-8,11,14H,4,13H2,1-3H3. The van der Waals surface area contributed by atoms with Crippen LogP contribution in [0.4, 0.5) is 11.4 Å². The average Bonchev–Trinajstić information content (AvgIpc) is 2.35. The molecule has 0 aliphatic heterocycles. The molecule has 0 amide bonds. The fourth-order valence-electron chi connectivity index (χ4n) is 1.85. The minimum absolute atomic E-state index is 0.133. The number of nitrogens with two attached hydrogens (primary N) is 1. The molecule has 7 nitrogen and oxygen atoms in total. The molecular formula is C12H19N3O4S. The largest absolute Gasteiger partial charge is 0.397 e. The number of hydrogen-bond acceptors (Lipinski definition) is 5. The predicted molar refractivity (Wildman–Crippen MR) is 76.7 cm³/mol. The molecule has 8 heteroatoms. The summed E-state index contributed by atoms with van der Waals surface area (Å²) in [7, 11) is -3.79. The molecule has 0 fully saturated rings. The first-order valence-corrected chi connectivity index (χ1v) is 7.73. The molecule has 0 aliphatic rings. The zero-order valence-corrected chi connectivity index (χ0v) is 12.5. The van der Waals surface area contributed by atoms with Gasteiger partial charge in [-0.1, -0.05) is 20.8 Å². The third-order valence-corrected chi connectivity index (χ3v) is 4.61. The number of sulfonamides is 1. The lowest BCUT2D eigenvalue weighted by molar-refractivity contribution is -0.384. The lowest BCUT2D eigenvalue weighted by Gasteiger charge is -2.21. The Morgan fingerprint density at radius 2 is 2.00 bits per heavy atom. The number of rotatable bonds is 6. The first kappa shape index (κ1) is 16.4. The highest BCUT2D eigenvalue weighted by Crippen LogP contribution is 2.24. The lowest BCUT2D eigenvalue weighted by atomic mass is 10.0. The molecule has 20 heavy (non-hydrogen) atoms. The van der Waals surface area contributed by atoms with Gasteiger partial charge in [0.05, 0.1) is 10.6 Å². The van der Waals surface area contributed by atoms with Crippen molar-refractivity contribution in [3.63, 3.8) is 0 Å². The van der Waals surface area contributed by atoms with Crippen LogP contribution in [0.15, 0.2) is 23.1 Å². The number of benzene rings is 1. The third kappa shape index (κ3) is 3.67. The van der Waals surface area contributed by atoms with Crippen LogP contribution in [0.2, 0.25) is 0 Å². The Bertz CT molecular complexity index is 599. The number of nitrogens with zero attached hydrogens (tertiary/aromatic N) is 1. The SMILES string of the molecule is CCC(NS(=O)(=O)c1ccc([N+](=O)[O-])cc1N)C(C)C. The maximum Gasteiger partial charge on any atom is 0.271 e. The Morgan fingerprint density at radius 1 is 1.40 bits per heavy atom. The van der Waals surface area contributed by atoms with Crippen molar-refractivity contribution in [3.05, 3.63) is 28.3 Å². The summed E-state index contributed by atoms with van der Waals surface area (Å²) in [6.45, 7) is 5.71. The van der Waals surface area contributed by atoms with Crippen molar-refractivity contribution in [2.45, 2.75) is 38.1 Å². The van der Waals surface area contributed by atoms with Gasteiger partial charge in [-0.15, -0.1) is 0 Å². The average molecular weight is 301 g/mol. The van der Waals surface area contributed by atoms with E-state index < -0.39 is 14.9 Å². The summed E-state index contributed by atoms with van der Waals surface area (Å²) in [6.07, 6.45) is 0.643. The Kier molecular flexibility index (Phi) is 5.07. The fraction of sp³-hybridized carbons (Fsp3) is 0.500. The summed E-state index contributed by atoms with van der Waals surface area (Å²) in [5.74, 6) is 0.133.